The fraction of sp³-hybridized carbons (Fsp3) is 0.308. The topological polar surface area (TPSA) is 0 Å². The van der Waals surface area contributed by atoms with Crippen molar-refractivity contribution in [3.63, 3.8) is 0 Å². The first-order chi connectivity index (χ1) is 13.3. The van der Waals surface area contributed by atoms with Crippen LogP contribution < -0.4 is 0 Å². The Labute approximate surface area is 164 Å². The summed E-state index contributed by atoms with van der Waals surface area (Å²) in [4.78, 5) is 0. The van der Waals surface area contributed by atoms with Crippen molar-refractivity contribution >= 4 is 0 Å². The molecule has 0 saturated carbocycles. The van der Waals surface area contributed by atoms with E-state index in [0.29, 0.717) is 0 Å². The van der Waals surface area contributed by atoms with Gasteiger partial charge in [0.05, 0.1) is 6.54 Å². The first kappa shape index (κ1) is 19.4. The van der Waals surface area contributed by atoms with Crippen LogP contribution in [0.2, 0.25) is 0 Å². The molecule has 3 aromatic rings. The van der Waals surface area contributed by atoms with Crippen molar-refractivity contribution in [2.75, 3.05) is 6.54 Å². The summed E-state index contributed by atoms with van der Waals surface area (Å²) in [6.07, 6.45) is 3.85. The van der Waals surface area contributed by atoms with Crippen molar-refractivity contribution in [1.29, 1.82) is 0 Å². The number of unbranched alkanes of at least 4 members (excludes halogenated alkanes) is 2. The molecule has 0 fully saturated rings. The average molecular weight is 359 g/mol. The molecule has 0 aliphatic heterocycles. The highest BCUT2D eigenvalue weighted by Gasteiger charge is 2.28. The summed E-state index contributed by atoms with van der Waals surface area (Å²) in [7, 11) is 0. The minimum atomic E-state index is 1.08. The van der Waals surface area contributed by atoms with Gasteiger partial charge in [0.15, 0.2) is 0 Å². The highest BCUT2D eigenvalue weighted by molar-refractivity contribution is 5.17. The Morgan fingerprint density at radius 3 is 1.22 bits per heavy atom. The van der Waals surface area contributed by atoms with E-state index in [9.17, 15) is 0 Å². The summed E-state index contributed by atoms with van der Waals surface area (Å²) in [6, 6.07) is 33.0. The summed E-state index contributed by atoms with van der Waals surface area (Å²) in [5.74, 6) is 0. The second kappa shape index (κ2) is 10.1. The van der Waals surface area contributed by atoms with Crippen molar-refractivity contribution in [1.82, 2.24) is 0 Å². The number of benzene rings is 3. The van der Waals surface area contributed by atoms with Crippen molar-refractivity contribution in [2.45, 2.75) is 45.8 Å². The van der Waals surface area contributed by atoms with Crippen molar-refractivity contribution in [2.24, 2.45) is 0 Å². The van der Waals surface area contributed by atoms with Crippen LogP contribution in [0.15, 0.2) is 91.0 Å². The lowest BCUT2D eigenvalue weighted by Gasteiger charge is -2.39. The fourth-order valence-electron chi connectivity index (χ4n) is 4.01. The lowest BCUT2D eigenvalue weighted by molar-refractivity contribution is -0.966. The smallest absolute Gasteiger partial charge is 0.105 e. The molecule has 0 radical (unpaired) electrons. The van der Waals surface area contributed by atoms with E-state index in [1.165, 1.54) is 42.5 Å². The van der Waals surface area contributed by atoms with Gasteiger partial charge >= 0.3 is 0 Å². The van der Waals surface area contributed by atoms with Crippen LogP contribution in [0.1, 0.15) is 42.9 Å². The maximum Gasteiger partial charge on any atom is 0.105 e. The van der Waals surface area contributed by atoms with Gasteiger partial charge in [0.25, 0.3) is 0 Å². The molecular weight excluding hydrogens is 326 g/mol. The van der Waals surface area contributed by atoms with E-state index in [4.69, 9.17) is 0 Å². The molecule has 0 aromatic heterocycles. The van der Waals surface area contributed by atoms with Crippen LogP contribution in [0, 0.1) is 0 Å². The van der Waals surface area contributed by atoms with Gasteiger partial charge in [0.1, 0.15) is 19.6 Å². The van der Waals surface area contributed by atoms with E-state index in [0.717, 1.165) is 24.1 Å². The molecule has 0 saturated heterocycles. The molecule has 0 amide bonds. The number of hydrogen-bond donors (Lipinski definition) is 0. The summed E-state index contributed by atoms with van der Waals surface area (Å²) in [5, 5.41) is 0. The Bertz CT molecular complexity index is 664. The van der Waals surface area contributed by atoms with E-state index in [-0.39, 0.29) is 0 Å². The Hall–Kier alpha value is -2.38. The average Bonchev–Trinajstić information content (AvgIpc) is 2.70. The van der Waals surface area contributed by atoms with E-state index in [2.05, 4.69) is 97.9 Å². The normalized spacial score (nSPS) is 11.4. The van der Waals surface area contributed by atoms with Crippen LogP contribution in [0.3, 0.4) is 0 Å². The van der Waals surface area contributed by atoms with Gasteiger partial charge in [0, 0.05) is 16.7 Å². The van der Waals surface area contributed by atoms with E-state index in [1.54, 1.807) is 0 Å². The molecule has 0 aliphatic rings. The van der Waals surface area contributed by atoms with Crippen molar-refractivity contribution in [3.8, 4) is 0 Å². The lowest BCUT2D eigenvalue weighted by atomic mass is 10.1. The molecule has 27 heavy (non-hydrogen) atoms. The van der Waals surface area contributed by atoms with Crippen molar-refractivity contribution in [3.05, 3.63) is 108 Å². The molecule has 1 nitrogen and oxygen atoms in total. The van der Waals surface area contributed by atoms with Gasteiger partial charge in [-0.2, -0.15) is 0 Å². The minimum absolute atomic E-state index is 1.08. The third-order valence-corrected chi connectivity index (χ3v) is 5.32. The van der Waals surface area contributed by atoms with E-state index >= 15 is 0 Å². The molecule has 0 heterocycles. The van der Waals surface area contributed by atoms with Crippen LogP contribution in [-0.4, -0.2) is 11.0 Å². The molecule has 140 valence electrons. The molecule has 0 unspecified atom stereocenters. The van der Waals surface area contributed by atoms with Crippen LogP contribution in [-0.2, 0) is 19.6 Å². The summed E-state index contributed by atoms with van der Waals surface area (Å²) < 4.78 is 1.08. The van der Waals surface area contributed by atoms with Crippen LogP contribution in [0.5, 0.6) is 0 Å². The standard InChI is InChI=1S/C26H32N/c1-2-3-13-20-27(21-24-14-7-4-8-15-24,22-25-16-9-5-10-17-25)23-26-18-11-6-12-19-26/h4-12,14-19H,2-3,13,20-23H2,1H3/q+1. The Balaban J connectivity index is 1.93. The molecule has 0 spiro atoms. The van der Waals surface area contributed by atoms with Gasteiger partial charge in [-0.1, -0.05) is 104 Å². The number of nitrogens with zero attached hydrogens (tertiary/aromatic N) is 1. The SMILES string of the molecule is CCCCC[N+](Cc1ccccc1)(Cc1ccccc1)Cc1ccccc1. The third-order valence-electron chi connectivity index (χ3n) is 5.32. The first-order valence-corrected chi connectivity index (χ1v) is 10.3. The predicted molar refractivity (Wildman–Crippen MR) is 115 cm³/mol. The highest BCUT2D eigenvalue weighted by Crippen LogP contribution is 2.25. The zero-order valence-corrected chi connectivity index (χ0v) is 16.6. The fourth-order valence-corrected chi connectivity index (χ4v) is 4.01. The monoisotopic (exact) mass is 358 g/mol. The Morgan fingerprint density at radius 1 is 0.519 bits per heavy atom. The first-order valence-electron chi connectivity index (χ1n) is 10.3. The maximum absolute atomic E-state index is 2.29. The summed E-state index contributed by atoms with van der Waals surface area (Å²) >= 11 is 0. The molecule has 3 aromatic carbocycles. The second-order valence-electron chi connectivity index (χ2n) is 7.70. The summed E-state index contributed by atoms with van der Waals surface area (Å²) in [5.41, 5.74) is 4.29. The van der Waals surface area contributed by atoms with E-state index < -0.39 is 0 Å². The van der Waals surface area contributed by atoms with Crippen LogP contribution >= 0.6 is 0 Å². The maximum atomic E-state index is 2.29. The number of hydrogen-bond acceptors (Lipinski definition) is 0. The summed E-state index contributed by atoms with van der Waals surface area (Å²) in [6.45, 7) is 6.74. The van der Waals surface area contributed by atoms with Crippen molar-refractivity contribution < 1.29 is 4.48 Å². The van der Waals surface area contributed by atoms with Gasteiger partial charge < -0.3 is 4.48 Å². The molecule has 3 rings (SSSR count). The molecular formula is C26H32N+. The number of rotatable bonds is 10. The molecule has 0 atom stereocenters. The largest absolute Gasteiger partial charge is 0.312 e. The van der Waals surface area contributed by atoms with E-state index in [1.807, 2.05) is 0 Å². The minimum Gasteiger partial charge on any atom is -0.312 e. The van der Waals surface area contributed by atoms with Gasteiger partial charge in [-0.3, -0.25) is 0 Å². The van der Waals surface area contributed by atoms with Gasteiger partial charge in [-0.05, 0) is 12.8 Å². The van der Waals surface area contributed by atoms with Gasteiger partial charge in [-0.25, -0.2) is 0 Å². The molecule has 1 heteroatoms. The Morgan fingerprint density at radius 2 is 0.889 bits per heavy atom. The van der Waals surface area contributed by atoms with Gasteiger partial charge in [-0.15, -0.1) is 0 Å². The number of quaternary nitrogens is 1. The third kappa shape index (κ3) is 6.08. The molecule has 0 N–H and O–H groups in total. The molecule has 0 bridgehead atoms. The lowest BCUT2D eigenvalue weighted by Crippen LogP contribution is -2.46. The molecule has 0 aliphatic carbocycles. The predicted octanol–water partition coefficient (Wildman–Crippen LogP) is 6.59. The second-order valence-corrected chi connectivity index (χ2v) is 7.70. The van der Waals surface area contributed by atoms with Crippen LogP contribution in [0.25, 0.3) is 0 Å². The quantitative estimate of drug-likeness (QED) is 0.283. The Kier molecular flexibility index (Phi) is 7.24. The zero-order valence-electron chi connectivity index (χ0n) is 16.6. The highest BCUT2D eigenvalue weighted by atomic mass is 15.3. The van der Waals surface area contributed by atoms with Crippen LogP contribution in [0.4, 0.5) is 0 Å². The van der Waals surface area contributed by atoms with Gasteiger partial charge in [0.2, 0.25) is 0 Å². The zero-order chi connectivity index (χ0) is 18.8.